The standard InChI is InChI=1S/C22H29N3O2/c1-18-9-3-4-11-20(18)27-16-8-13-24(2)22(26)21(25-14-5-6-15-25)19-10-7-12-23-17-19/h3-4,7,9-12,17,21H,5-6,8,13-16H2,1-2H3. The molecule has 0 bridgehead atoms. The van der Waals surface area contributed by atoms with E-state index in [9.17, 15) is 4.79 Å². The summed E-state index contributed by atoms with van der Waals surface area (Å²) in [4.78, 5) is 21.5. The lowest BCUT2D eigenvalue weighted by molar-refractivity contribution is -0.135. The average Bonchev–Trinajstić information content (AvgIpc) is 3.21. The van der Waals surface area contributed by atoms with Crippen molar-refractivity contribution >= 4 is 5.91 Å². The fraction of sp³-hybridized carbons (Fsp3) is 0.455. The molecule has 1 aliphatic rings. The van der Waals surface area contributed by atoms with E-state index >= 15 is 0 Å². The van der Waals surface area contributed by atoms with E-state index in [1.165, 1.54) is 0 Å². The van der Waals surface area contributed by atoms with Crippen molar-refractivity contribution in [2.75, 3.05) is 33.3 Å². The molecule has 1 aromatic heterocycles. The zero-order valence-electron chi connectivity index (χ0n) is 16.3. The number of nitrogens with zero attached hydrogens (tertiary/aromatic N) is 3. The molecule has 2 heterocycles. The predicted octanol–water partition coefficient (Wildman–Crippen LogP) is 3.45. The largest absolute Gasteiger partial charge is 0.493 e. The highest BCUT2D eigenvalue weighted by molar-refractivity contribution is 5.83. The third-order valence-corrected chi connectivity index (χ3v) is 5.11. The van der Waals surface area contributed by atoms with Gasteiger partial charge < -0.3 is 9.64 Å². The maximum Gasteiger partial charge on any atom is 0.244 e. The Morgan fingerprint density at radius 2 is 2.00 bits per heavy atom. The highest BCUT2D eigenvalue weighted by Gasteiger charge is 2.31. The van der Waals surface area contributed by atoms with Crippen LogP contribution in [0.5, 0.6) is 5.75 Å². The van der Waals surface area contributed by atoms with E-state index in [1.807, 2.05) is 61.5 Å². The van der Waals surface area contributed by atoms with Crippen molar-refractivity contribution < 1.29 is 9.53 Å². The van der Waals surface area contributed by atoms with Gasteiger partial charge in [-0.05, 0) is 62.5 Å². The maximum atomic E-state index is 13.2. The van der Waals surface area contributed by atoms with Gasteiger partial charge in [-0.1, -0.05) is 24.3 Å². The van der Waals surface area contributed by atoms with Gasteiger partial charge in [0.2, 0.25) is 5.91 Å². The van der Waals surface area contributed by atoms with Crippen molar-refractivity contribution in [2.24, 2.45) is 0 Å². The van der Waals surface area contributed by atoms with E-state index in [1.54, 1.807) is 6.20 Å². The van der Waals surface area contributed by atoms with E-state index in [-0.39, 0.29) is 11.9 Å². The first kappa shape index (κ1) is 19.4. The van der Waals surface area contributed by atoms with E-state index in [0.29, 0.717) is 13.2 Å². The van der Waals surface area contributed by atoms with Crippen molar-refractivity contribution in [2.45, 2.75) is 32.2 Å². The van der Waals surface area contributed by atoms with Crippen molar-refractivity contribution in [3.63, 3.8) is 0 Å². The molecule has 2 aromatic rings. The molecule has 1 unspecified atom stereocenters. The molecule has 5 nitrogen and oxygen atoms in total. The van der Waals surface area contributed by atoms with Crippen LogP contribution in [0.3, 0.4) is 0 Å². The van der Waals surface area contributed by atoms with Gasteiger partial charge in [-0.15, -0.1) is 0 Å². The third-order valence-electron chi connectivity index (χ3n) is 5.11. The van der Waals surface area contributed by atoms with Crippen LogP contribution in [0.2, 0.25) is 0 Å². The van der Waals surface area contributed by atoms with Crippen molar-refractivity contribution in [1.29, 1.82) is 0 Å². The predicted molar refractivity (Wildman–Crippen MR) is 107 cm³/mol. The summed E-state index contributed by atoms with van der Waals surface area (Å²) < 4.78 is 5.85. The second-order valence-electron chi connectivity index (χ2n) is 7.16. The molecule has 1 fully saturated rings. The Kier molecular flexibility index (Phi) is 6.82. The number of aryl methyl sites for hydroxylation is 1. The number of carbonyl (C=O) groups excluding carboxylic acids is 1. The number of rotatable bonds is 8. The zero-order valence-corrected chi connectivity index (χ0v) is 16.3. The number of hydrogen-bond acceptors (Lipinski definition) is 4. The van der Waals surface area contributed by atoms with E-state index in [0.717, 1.165) is 49.2 Å². The summed E-state index contributed by atoms with van der Waals surface area (Å²) in [6, 6.07) is 11.7. The number of benzene rings is 1. The van der Waals surface area contributed by atoms with Crippen LogP contribution in [0, 0.1) is 6.92 Å². The van der Waals surface area contributed by atoms with Crippen LogP contribution in [-0.2, 0) is 4.79 Å². The van der Waals surface area contributed by atoms with E-state index in [2.05, 4.69) is 9.88 Å². The lowest BCUT2D eigenvalue weighted by atomic mass is 10.1. The Bertz CT molecular complexity index is 729. The van der Waals surface area contributed by atoms with Gasteiger partial charge in [-0.3, -0.25) is 14.7 Å². The number of ether oxygens (including phenoxy) is 1. The smallest absolute Gasteiger partial charge is 0.244 e. The summed E-state index contributed by atoms with van der Waals surface area (Å²) in [7, 11) is 1.88. The van der Waals surface area contributed by atoms with Crippen LogP contribution >= 0.6 is 0 Å². The molecule has 0 saturated carbocycles. The van der Waals surface area contributed by atoms with Gasteiger partial charge in [0.25, 0.3) is 0 Å². The second kappa shape index (κ2) is 9.51. The molecule has 1 atom stereocenters. The molecule has 1 saturated heterocycles. The third kappa shape index (κ3) is 5.07. The van der Waals surface area contributed by atoms with Gasteiger partial charge in [0.1, 0.15) is 11.8 Å². The number of para-hydroxylation sites is 1. The van der Waals surface area contributed by atoms with E-state index < -0.39 is 0 Å². The highest BCUT2D eigenvalue weighted by atomic mass is 16.5. The number of carbonyl (C=O) groups is 1. The molecule has 1 aromatic carbocycles. The Morgan fingerprint density at radius 3 is 2.70 bits per heavy atom. The Hall–Kier alpha value is -2.40. The monoisotopic (exact) mass is 367 g/mol. The molecule has 0 spiro atoms. The van der Waals surface area contributed by atoms with Crippen LogP contribution in [0.15, 0.2) is 48.8 Å². The minimum absolute atomic E-state index is 0.140. The summed E-state index contributed by atoms with van der Waals surface area (Å²) in [5.74, 6) is 1.05. The second-order valence-corrected chi connectivity index (χ2v) is 7.16. The summed E-state index contributed by atoms with van der Waals surface area (Å²) >= 11 is 0. The van der Waals surface area contributed by atoms with Crippen molar-refractivity contribution in [3.8, 4) is 5.75 Å². The number of aromatic nitrogens is 1. The summed E-state index contributed by atoms with van der Waals surface area (Å²) in [5, 5.41) is 0. The first-order valence-electron chi connectivity index (χ1n) is 9.74. The minimum atomic E-state index is -0.233. The first-order chi connectivity index (χ1) is 13.2. The Labute approximate surface area is 162 Å². The molecular formula is C22H29N3O2. The minimum Gasteiger partial charge on any atom is -0.493 e. The van der Waals surface area contributed by atoms with Crippen LogP contribution in [0.1, 0.15) is 36.4 Å². The number of hydrogen-bond donors (Lipinski definition) is 0. The molecule has 1 amide bonds. The highest BCUT2D eigenvalue weighted by Crippen LogP contribution is 2.26. The van der Waals surface area contributed by atoms with Crippen LogP contribution in [0.4, 0.5) is 0 Å². The summed E-state index contributed by atoms with van der Waals surface area (Å²) in [6.45, 7) is 5.25. The van der Waals surface area contributed by atoms with Crippen molar-refractivity contribution in [1.82, 2.24) is 14.8 Å². The summed E-state index contributed by atoms with van der Waals surface area (Å²) in [6.07, 6.45) is 6.67. The molecule has 1 aliphatic heterocycles. The van der Waals surface area contributed by atoms with Crippen LogP contribution < -0.4 is 4.74 Å². The molecule has 0 aliphatic carbocycles. The normalized spacial score (nSPS) is 15.5. The van der Waals surface area contributed by atoms with Gasteiger partial charge in [0.15, 0.2) is 0 Å². The van der Waals surface area contributed by atoms with Gasteiger partial charge >= 0.3 is 0 Å². The molecule has 0 radical (unpaired) electrons. The zero-order chi connectivity index (χ0) is 19.1. The summed E-state index contributed by atoms with van der Waals surface area (Å²) in [5.41, 5.74) is 2.11. The lowest BCUT2D eigenvalue weighted by Gasteiger charge is -2.30. The fourth-order valence-corrected chi connectivity index (χ4v) is 3.57. The Balaban J connectivity index is 1.56. The first-order valence-corrected chi connectivity index (χ1v) is 9.74. The number of amides is 1. The topological polar surface area (TPSA) is 45.7 Å². The maximum absolute atomic E-state index is 13.2. The molecule has 5 heteroatoms. The number of pyridine rings is 1. The van der Waals surface area contributed by atoms with Gasteiger partial charge in [-0.25, -0.2) is 0 Å². The van der Waals surface area contributed by atoms with E-state index in [4.69, 9.17) is 4.74 Å². The van der Waals surface area contributed by atoms with Gasteiger partial charge in [0.05, 0.1) is 6.61 Å². The SMILES string of the molecule is Cc1ccccc1OCCCN(C)C(=O)C(c1cccnc1)N1CCCC1. The van der Waals surface area contributed by atoms with Gasteiger partial charge in [0, 0.05) is 26.0 Å². The molecule has 0 N–H and O–H groups in total. The number of likely N-dealkylation sites (tertiary alicyclic amines) is 1. The average molecular weight is 367 g/mol. The van der Waals surface area contributed by atoms with Gasteiger partial charge in [-0.2, -0.15) is 0 Å². The molecule has 144 valence electrons. The molecule has 27 heavy (non-hydrogen) atoms. The Morgan fingerprint density at radius 1 is 1.22 bits per heavy atom. The molecule has 3 rings (SSSR count). The van der Waals surface area contributed by atoms with Crippen molar-refractivity contribution in [3.05, 3.63) is 59.9 Å². The fourth-order valence-electron chi connectivity index (χ4n) is 3.57. The van der Waals surface area contributed by atoms with Crippen LogP contribution in [0.25, 0.3) is 0 Å². The quantitative estimate of drug-likeness (QED) is 0.671. The lowest BCUT2D eigenvalue weighted by Crippen LogP contribution is -2.41. The van der Waals surface area contributed by atoms with Crippen LogP contribution in [-0.4, -0.2) is 54.0 Å². The number of likely N-dealkylation sites (N-methyl/N-ethyl adjacent to an activating group) is 1. The molecular weight excluding hydrogens is 338 g/mol.